The highest BCUT2D eigenvalue weighted by Gasteiger charge is 2.20. The molecule has 0 aliphatic rings. The van der Waals surface area contributed by atoms with Crippen LogP contribution in [0.4, 0.5) is 23.2 Å². The van der Waals surface area contributed by atoms with E-state index >= 15 is 0 Å². The van der Waals surface area contributed by atoms with Gasteiger partial charge in [-0.1, -0.05) is 6.92 Å². The van der Waals surface area contributed by atoms with E-state index in [-0.39, 0.29) is 0 Å². The van der Waals surface area contributed by atoms with Crippen molar-refractivity contribution in [2.45, 2.75) is 13.3 Å². The summed E-state index contributed by atoms with van der Waals surface area (Å²) >= 11 is 0. The summed E-state index contributed by atoms with van der Waals surface area (Å²) in [5.74, 6) is -7.43. The first-order valence-electron chi connectivity index (χ1n) is 5.18. The summed E-state index contributed by atoms with van der Waals surface area (Å²) in [4.78, 5) is 13.5. The Morgan fingerprint density at radius 3 is 2.22 bits per heavy atom. The van der Waals surface area contributed by atoms with Crippen molar-refractivity contribution >= 4 is 11.6 Å². The monoisotopic (exact) mass is 265 g/mol. The summed E-state index contributed by atoms with van der Waals surface area (Å²) in [7, 11) is 0. The number of amides is 1. The van der Waals surface area contributed by atoms with Gasteiger partial charge in [0.15, 0.2) is 0 Å². The average molecular weight is 265 g/mol. The van der Waals surface area contributed by atoms with Gasteiger partial charge in [-0.15, -0.1) is 0 Å². The van der Waals surface area contributed by atoms with E-state index in [4.69, 9.17) is 0 Å². The molecule has 0 saturated heterocycles. The van der Waals surface area contributed by atoms with Crippen molar-refractivity contribution in [1.29, 1.82) is 0 Å². The predicted molar refractivity (Wildman–Crippen MR) is 55.9 cm³/mol. The number of pyridine rings is 1. The largest absolute Gasteiger partial charge is 0.371 e. The van der Waals surface area contributed by atoms with Crippen LogP contribution in [0.25, 0.3) is 0 Å². The van der Waals surface area contributed by atoms with Crippen LogP contribution in [0, 0.1) is 23.5 Å². The smallest absolute Gasteiger partial charge is 0.253 e. The average Bonchev–Trinajstić information content (AvgIpc) is 2.34. The summed E-state index contributed by atoms with van der Waals surface area (Å²) < 4.78 is 51.6. The zero-order valence-electron chi connectivity index (χ0n) is 9.49. The molecule has 8 heteroatoms. The van der Waals surface area contributed by atoms with Gasteiger partial charge in [0.1, 0.15) is 5.69 Å². The Balaban J connectivity index is 2.76. The zero-order valence-corrected chi connectivity index (χ0v) is 9.49. The van der Waals surface area contributed by atoms with Gasteiger partial charge >= 0.3 is 0 Å². The zero-order chi connectivity index (χ0) is 13.7. The number of carbonyl (C=O) groups excluding carboxylic acids is 1. The number of hydrogen-bond acceptors (Lipinski definition) is 3. The van der Waals surface area contributed by atoms with Gasteiger partial charge in [0.05, 0.1) is 6.54 Å². The molecular formula is C10H11F4N3O. The van der Waals surface area contributed by atoms with E-state index in [1.165, 1.54) is 0 Å². The van der Waals surface area contributed by atoms with E-state index < -0.39 is 41.7 Å². The van der Waals surface area contributed by atoms with Gasteiger partial charge in [0.25, 0.3) is 11.9 Å². The van der Waals surface area contributed by atoms with E-state index in [0.29, 0.717) is 13.0 Å². The molecule has 0 bridgehead atoms. The molecule has 0 saturated carbocycles. The molecule has 0 aliphatic carbocycles. The first-order valence-corrected chi connectivity index (χ1v) is 5.18. The lowest BCUT2D eigenvalue weighted by Gasteiger charge is -2.09. The van der Waals surface area contributed by atoms with Crippen molar-refractivity contribution in [1.82, 2.24) is 10.3 Å². The molecule has 1 aromatic rings. The van der Waals surface area contributed by atoms with Crippen molar-refractivity contribution in [2.75, 3.05) is 18.4 Å². The van der Waals surface area contributed by atoms with Crippen LogP contribution in [-0.4, -0.2) is 24.0 Å². The van der Waals surface area contributed by atoms with Crippen LogP contribution >= 0.6 is 0 Å². The minimum Gasteiger partial charge on any atom is -0.371 e. The van der Waals surface area contributed by atoms with E-state index in [1.807, 2.05) is 12.2 Å². The minimum absolute atomic E-state index is 0.393. The molecule has 0 radical (unpaired) electrons. The molecule has 2 N–H and O–H groups in total. The molecular weight excluding hydrogens is 254 g/mol. The summed E-state index contributed by atoms with van der Waals surface area (Å²) in [5.41, 5.74) is -1.05. The number of nitrogens with one attached hydrogen (secondary N) is 2. The SMILES string of the molecule is CCCNC(=O)CNc1c(F)c(F)nc(F)c1F. The van der Waals surface area contributed by atoms with Crippen LogP contribution < -0.4 is 10.6 Å². The maximum absolute atomic E-state index is 13.1. The number of aromatic nitrogens is 1. The van der Waals surface area contributed by atoms with Crippen LogP contribution in [0.5, 0.6) is 0 Å². The molecule has 1 heterocycles. The van der Waals surface area contributed by atoms with Crippen LogP contribution in [0.3, 0.4) is 0 Å². The van der Waals surface area contributed by atoms with Crippen molar-refractivity contribution in [3.8, 4) is 0 Å². The lowest BCUT2D eigenvalue weighted by molar-refractivity contribution is -0.119. The molecule has 1 rings (SSSR count). The standard InChI is InChI=1S/C10H11F4N3O/c1-2-3-15-5(18)4-16-8-6(11)9(13)17-10(14)7(8)12/h2-4H2,1H3,(H,15,18)(H,16,17). The van der Waals surface area contributed by atoms with Gasteiger partial charge in [-0.2, -0.15) is 22.5 Å². The minimum atomic E-state index is -1.77. The van der Waals surface area contributed by atoms with E-state index in [2.05, 4.69) is 10.3 Å². The first-order chi connectivity index (χ1) is 8.47. The van der Waals surface area contributed by atoms with Crippen LogP contribution in [0.15, 0.2) is 0 Å². The topological polar surface area (TPSA) is 54.0 Å². The Morgan fingerprint density at radius 1 is 1.17 bits per heavy atom. The van der Waals surface area contributed by atoms with Gasteiger partial charge in [0.2, 0.25) is 17.5 Å². The molecule has 0 spiro atoms. The fourth-order valence-corrected chi connectivity index (χ4v) is 1.14. The van der Waals surface area contributed by atoms with E-state index in [9.17, 15) is 22.4 Å². The van der Waals surface area contributed by atoms with Crippen molar-refractivity contribution < 1.29 is 22.4 Å². The molecule has 0 aromatic carbocycles. The lowest BCUT2D eigenvalue weighted by atomic mass is 10.3. The lowest BCUT2D eigenvalue weighted by Crippen LogP contribution is -2.31. The van der Waals surface area contributed by atoms with Crippen LogP contribution in [-0.2, 0) is 4.79 Å². The predicted octanol–water partition coefficient (Wildman–Crippen LogP) is 1.58. The Morgan fingerprint density at radius 2 is 1.72 bits per heavy atom. The number of rotatable bonds is 5. The second kappa shape index (κ2) is 6.18. The van der Waals surface area contributed by atoms with Gasteiger partial charge in [-0.25, -0.2) is 0 Å². The van der Waals surface area contributed by atoms with E-state index in [0.717, 1.165) is 0 Å². The Hall–Kier alpha value is -1.86. The second-order valence-electron chi connectivity index (χ2n) is 3.40. The molecule has 0 unspecified atom stereocenters. The number of carbonyl (C=O) groups is 1. The number of halogens is 4. The maximum atomic E-state index is 13.1. The van der Waals surface area contributed by atoms with Crippen LogP contribution in [0.1, 0.15) is 13.3 Å². The highest BCUT2D eigenvalue weighted by molar-refractivity contribution is 5.80. The van der Waals surface area contributed by atoms with Gasteiger partial charge in [-0.05, 0) is 6.42 Å². The molecule has 0 aliphatic heterocycles. The third-order valence-corrected chi connectivity index (χ3v) is 2.00. The molecule has 1 amide bonds. The second-order valence-corrected chi connectivity index (χ2v) is 3.40. The van der Waals surface area contributed by atoms with Crippen molar-refractivity contribution in [2.24, 2.45) is 0 Å². The highest BCUT2D eigenvalue weighted by Crippen LogP contribution is 2.21. The fraction of sp³-hybridized carbons (Fsp3) is 0.400. The summed E-state index contributed by atoms with van der Waals surface area (Å²) in [6.45, 7) is 1.71. The third-order valence-electron chi connectivity index (χ3n) is 2.00. The molecule has 0 atom stereocenters. The Kier molecular flexibility index (Phi) is 4.87. The number of nitrogens with zero attached hydrogens (tertiary/aromatic N) is 1. The molecule has 100 valence electrons. The molecule has 1 aromatic heterocycles. The third kappa shape index (κ3) is 3.31. The molecule has 18 heavy (non-hydrogen) atoms. The summed E-state index contributed by atoms with van der Waals surface area (Å²) in [6.07, 6.45) is 0.687. The molecule has 0 fully saturated rings. The number of anilines is 1. The van der Waals surface area contributed by atoms with E-state index in [1.54, 1.807) is 0 Å². The Labute approximate surface area is 100 Å². The fourth-order valence-electron chi connectivity index (χ4n) is 1.14. The highest BCUT2D eigenvalue weighted by atomic mass is 19.2. The first kappa shape index (κ1) is 14.2. The van der Waals surface area contributed by atoms with Crippen LogP contribution in [0.2, 0.25) is 0 Å². The molecule has 4 nitrogen and oxygen atoms in total. The summed E-state index contributed by atoms with van der Waals surface area (Å²) in [6, 6.07) is 0. The quantitative estimate of drug-likeness (QED) is 0.627. The van der Waals surface area contributed by atoms with Gasteiger partial charge < -0.3 is 10.6 Å². The maximum Gasteiger partial charge on any atom is 0.253 e. The number of hydrogen-bond donors (Lipinski definition) is 2. The van der Waals surface area contributed by atoms with Gasteiger partial charge in [-0.3, -0.25) is 4.79 Å². The summed E-state index contributed by atoms with van der Waals surface area (Å²) in [5, 5.41) is 4.41. The van der Waals surface area contributed by atoms with Gasteiger partial charge in [0, 0.05) is 6.54 Å². The van der Waals surface area contributed by atoms with Crippen molar-refractivity contribution in [3.63, 3.8) is 0 Å². The normalized spacial score (nSPS) is 10.3. The van der Waals surface area contributed by atoms with Crippen molar-refractivity contribution in [3.05, 3.63) is 23.5 Å². The Bertz CT molecular complexity index is 427.